The second kappa shape index (κ2) is 5.56. The van der Waals surface area contributed by atoms with Gasteiger partial charge in [0.15, 0.2) is 5.96 Å². The van der Waals surface area contributed by atoms with Crippen LogP contribution >= 0.6 is 0 Å². The number of guanidine groups is 1. The second-order valence-corrected chi connectivity index (χ2v) is 5.09. The van der Waals surface area contributed by atoms with Crippen molar-refractivity contribution >= 4 is 11.6 Å². The minimum absolute atomic E-state index is 0.0435. The van der Waals surface area contributed by atoms with E-state index in [2.05, 4.69) is 24.0 Å². The van der Waals surface area contributed by atoms with Crippen LogP contribution in [0, 0.1) is 5.82 Å². The van der Waals surface area contributed by atoms with Gasteiger partial charge in [-0.25, -0.2) is 4.39 Å². The number of hydrogen-bond acceptors (Lipinski definition) is 3. The Balaban J connectivity index is 2.06. The molecule has 0 spiro atoms. The van der Waals surface area contributed by atoms with E-state index in [1.54, 1.807) is 17.0 Å². The van der Waals surface area contributed by atoms with Gasteiger partial charge in [-0.3, -0.25) is 4.99 Å². The van der Waals surface area contributed by atoms with Crippen molar-refractivity contribution in [3.8, 4) is 0 Å². The topological polar surface area (TPSA) is 41.6 Å². The molecular weight excluding hydrogens is 265 g/mol. The standard InChI is InChI=1S/C17H18FN3/c1-2-12-7-3-4-8-13(12)16-11-20-17(19)21(16)15-10-6-5-9-14(15)18/h3-10,16H,2,11H2,1H3,(H2,19,20). The van der Waals surface area contributed by atoms with Crippen LogP contribution in [0.25, 0.3) is 0 Å². The number of nitrogens with two attached hydrogens (primary N) is 1. The molecule has 3 rings (SSSR count). The molecule has 1 unspecified atom stereocenters. The van der Waals surface area contributed by atoms with Crippen LogP contribution in [-0.2, 0) is 6.42 Å². The first-order chi connectivity index (χ1) is 10.2. The second-order valence-electron chi connectivity index (χ2n) is 5.09. The summed E-state index contributed by atoms with van der Waals surface area (Å²) in [5, 5.41) is 0. The van der Waals surface area contributed by atoms with Crippen LogP contribution in [0.5, 0.6) is 0 Å². The zero-order chi connectivity index (χ0) is 14.8. The summed E-state index contributed by atoms with van der Waals surface area (Å²) in [4.78, 5) is 6.12. The molecule has 2 N–H and O–H groups in total. The van der Waals surface area contributed by atoms with E-state index in [0.717, 1.165) is 12.0 Å². The van der Waals surface area contributed by atoms with Crippen LogP contribution in [0.4, 0.5) is 10.1 Å². The summed E-state index contributed by atoms with van der Waals surface area (Å²) in [5.74, 6) is 0.0903. The van der Waals surface area contributed by atoms with Gasteiger partial charge in [0.1, 0.15) is 5.82 Å². The molecule has 0 radical (unpaired) electrons. The fourth-order valence-corrected chi connectivity index (χ4v) is 2.85. The number of anilines is 1. The summed E-state index contributed by atoms with van der Waals surface area (Å²) in [6.45, 7) is 2.67. The summed E-state index contributed by atoms with van der Waals surface area (Å²) < 4.78 is 14.1. The summed E-state index contributed by atoms with van der Waals surface area (Å²) in [5.41, 5.74) is 8.89. The van der Waals surface area contributed by atoms with Gasteiger partial charge in [-0.1, -0.05) is 43.3 Å². The highest BCUT2D eigenvalue weighted by Gasteiger charge is 2.31. The minimum atomic E-state index is -0.281. The highest BCUT2D eigenvalue weighted by Crippen LogP contribution is 2.34. The normalized spacial score (nSPS) is 17.9. The van der Waals surface area contributed by atoms with E-state index in [4.69, 9.17) is 5.73 Å². The van der Waals surface area contributed by atoms with Gasteiger partial charge in [0.2, 0.25) is 0 Å². The number of hydrogen-bond donors (Lipinski definition) is 1. The quantitative estimate of drug-likeness (QED) is 0.939. The van der Waals surface area contributed by atoms with Crippen molar-refractivity contribution in [2.45, 2.75) is 19.4 Å². The van der Waals surface area contributed by atoms with Gasteiger partial charge in [-0.2, -0.15) is 0 Å². The van der Waals surface area contributed by atoms with Crippen LogP contribution in [0.2, 0.25) is 0 Å². The monoisotopic (exact) mass is 283 g/mol. The molecule has 1 heterocycles. The van der Waals surface area contributed by atoms with Gasteiger partial charge in [-0.15, -0.1) is 0 Å². The van der Waals surface area contributed by atoms with E-state index in [1.807, 2.05) is 18.2 Å². The van der Waals surface area contributed by atoms with Crippen LogP contribution in [0.15, 0.2) is 53.5 Å². The molecule has 4 heteroatoms. The van der Waals surface area contributed by atoms with E-state index in [1.165, 1.54) is 11.6 Å². The van der Waals surface area contributed by atoms with Gasteiger partial charge in [-0.05, 0) is 29.7 Å². The summed E-state index contributed by atoms with van der Waals surface area (Å²) >= 11 is 0. The number of aliphatic imine (C=N–C) groups is 1. The van der Waals surface area contributed by atoms with Crippen molar-refractivity contribution in [2.75, 3.05) is 11.4 Å². The molecule has 1 aliphatic rings. The Hall–Kier alpha value is -2.36. The maximum atomic E-state index is 14.1. The highest BCUT2D eigenvalue weighted by atomic mass is 19.1. The molecule has 108 valence electrons. The molecule has 0 fully saturated rings. The van der Waals surface area contributed by atoms with Crippen molar-refractivity contribution in [3.05, 3.63) is 65.5 Å². The summed E-state index contributed by atoms with van der Waals surface area (Å²) in [6, 6.07) is 14.8. The average Bonchev–Trinajstić information content (AvgIpc) is 2.89. The van der Waals surface area contributed by atoms with Crippen LogP contribution < -0.4 is 10.6 Å². The minimum Gasteiger partial charge on any atom is -0.369 e. The van der Waals surface area contributed by atoms with E-state index in [0.29, 0.717) is 18.2 Å². The molecule has 0 saturated carbocycles. The fourth-order valence-electron chi connectivity index (χ4n) is 2.85. The lowest BCUT2D eigenvalue weighted by Crippen LogP contribution is -2.37. The van der Waals surface area contributed by atoms with Gasteiger partial charge in [0.05, 0.1) is 18.3 Å². The van der Waals surface area contributed by atoms with E-state index in [9.17, 15) is 4.39 Å². The molecule has 1 aliphatic heterocycles. The Kier molecular flexibility index (Phi) is 3.60. The summed E-state index contributed by atoms with van der Waals surface area (Å²) in [7, 11) is 0. The first-order valence-corrected chi connectivity index (χ1v) is 7.14. The Morgan fingerprint density at radius 1 is 1.19 bits per heavy atom. The third-order valence-corrected chi connectivity index (χ3v) is 3.89. The largest absolute Gasteiger partial charge is 0.369 e. The lowest BCUT2D eigenvalue weighted by molar-refractivity contribution is 0.619. The van der Waals surface area contributed by atoms with Crippen LogP contribution in [0.3, 0.4) is 0 Å². The summed E-state index contributed by atoms with van der Waals surface area (Å²) in [6.07, 6.45) is 0.928. The number of rotatable bonds is 3. The van der Waals surface area contributed by atoms with Crippen molar-refractivity contribution in [2.24, 2.45) is 10.7 Å². The van der Waals surface area contributed by atoms with E-state index in [-0.39, 0.29) is 11.9 Å². The number of benzene rings is 2. The van der Waals surface area contributed by atoms with E-state index < -0.39 is 0 Å². The van der Waals surface area contributed by atoms with Gasteiger partial charge < -0.3 is 10.6 Å². The van der Waals surface area contributed by atoms with Crippen molar-refractivity contribution < 1.29 is 4.39 Å². The Labute approximate surface area is 123 Å². The van der Waals surface area contributed by atoms with Crippen molar-refractivity contribution in [1.29, 1.82) is 0 Å². The number of aryl methyl sites for hydroxylation is 1. The van der Waals surface area contributed by atoms with E-state index >= 15 is 0 Å². The zero-order valence-corrected chi connectivity index (χ0v) is 12.0. The third-order valence-electron chi connectivity index (χ3n) is 3.89. The maximum absolute atomic E-state index is 14.1. The lowest BCUT2D eigenvalue weighted by Gasteiger charge is -2.28. The molecule has 2 aromatic rings. The SMILES string of the molecule is CCc1ccccc1C1CN=C(N)N1c1ccccc1F. The predicted octanol–water partition coefficient (Wildman–Crippen LogP) is 3.26. The van der Waals surface area contributed by atoms with Crippen molar-refractivity contribution in [1.82, 2.24) is 0 Å². The Morgan fingerprint density at radius 3 is 2.67 bits per heavy atom. The number of halogens is 1. The van der Waals surface area contributed by atoms with Gasteiger partial charge in [0, 0.05) is 0 Å². The fraction of sp³-hybridized carbons (Fsp3) is 0.235. The molecule has 0 aromatic heterocycles. The molecule has 0 amide bonds. The maximum Gasteiger partial charge on any atom is 0.196 e. The molecule has 1 atom stereocenters. The molecule has 2 aromatic carbocycles. The first-order valence-electron chi connectivity index (χ1n) is 7.14. The molecule has 0 saturated heterocycles. The Bertz CT molecular complexity index is 681. The number of para-hydroxylation sites is 1. The molecule has 0 aliphatic carbocycles. The predicted molar refractivity (Wildman–Crippen MR) is 83.9 cm³/mol. The van der Waals surface area contributed by atoms with Gasteiger partial charge >= 0.3 is 0 Å². The van der Waals surface area contributed by atoms with Gasteiger partial charge in [0.25, 0.3) is 0 Å². The number of nitrogens with zero attached hydrogens (tertiary/aromatic N) is 2. The Morgan fingerprint density at radius 2 is 1.90 bits per heavy atom. The smallest absolute Gasteiger partial charge is 0.196 e. The lowest BCUT2D eigenvalue weighted by atomic mass is 9.97. The molecular formula is C17H18FN3. The molecule has 3 nitrogen and oxygen atoms in total. The van der Waals surface area contributed by atoms with Crippen molar-refractivity contribution in [3.63, 3.8) is 0 Å². The van der Waals surface area contributed by atoms with Crippen LogP contribution in [0.1, 0.15) is 24.1 Å². The molecule has 0 bridgehead atoms. The molecule has 21 heavy (non-hydrogen) atoms. The zero-order valence-electron chi connectivity index (χ0n) is 12.0. The average molecular weight is 283 g/mol. The van der Waals surface area contributed by atoms with Crippen LogP contribution in [-0.4, -0.2) is 12.5 Å². The highest BCUT2D eigenvalue weighted by molar-refractivity contribution is 5.97. The third kappa shape index (κ3) is 2.37. The first kappa shape index (κ1) is 13.6.